The summed E-state index contributed by atoms with van der Waals surface area (Å²) < 4.78 is 28.8. The van der Waals surface area contributed by atoms with Crippen molar-refractivity contribution in [3.8, 4) is 0 Å². The molecule has 0 radical (unpaired) electrons. The van der Waals surface area contributed by atoms with E-state index < -0.39 is 9.84 Å². The summed E-state index contributed by atoms with van der Waals surface area (Å²) in [5.74, 6) is 2.54. The first-order chi connectivity index (χ1) is 12.6. The lowest BCUT2D eigenvalue weighted by atomic mass is 10.1. The fourth-order valence-electron chi connectivity index (χ4n) is 4.11. The number of hydrogen-bond donors (Lipinski definition) is 1. The van der Waals surface area contributed by atoms with Crippen LogP contribution in [-0.2, 0) is 14.6 Å². The minimum Gasteiger partial charge on any atom is -0.381 e. The van der Waals surface area contributed by atoms with Crippen molar-refractivity contribution in [2.45, 2.75) is 31.7 Å². The topological polar surface area (TPSA) is 74.2 Å². The Bertz CT molecular complexity index is 612. The van der Waals surface area contributed by atoms with E-state index in [0.29, 0.717) is 30.0 Å². The standard InChI is InChI=1S/C18H32N4O3S.HI/c23-26(24)10-4-15(14-26)11-19-18(20-17-1-2-17)22-7-5-21(6-8-22)12-16-3-9-25-13-16;/h15-17H,1-14H2,(H,19,20);1H. The van der Waals surface area contributed by atoms with Gasteiger partial charge in [-0.15, -0.1) is 24.0 Å². The molecule has 2 unspecified atom stereocenters. The molecule has 4 fully saturated rings. The van der Waals surface area contributed by atoms with Crippen LogP contribution in [0.15, 0.2) is 4.99 Å². The third-order valence-corrected chi connectivity index (χ3v) is 7.79. The number of guanidine groups is 1. The lowest BCUT2D eigenvalue weighted by Crippen LogP contribution is -2.53. The van der Waals surface area contributed by atoms with E-state index in [2.05, 4.69) is 15.1 Å². The number of nitrogens with one attached hydrogen (secondary N) is 1. The average Bonchev–Trinajstić information content (AvgIpc) is 3.16. The highest BCUT2D eigenvalue weighted by Crippen LogP contribution is 2.21. The van der Waals surface area contributed by atoms with Gasteiger partial charge in [-0.1, -0.05) is 0 Å². The Balaban J connectivity index is 0.00000210. The maximum atomic E-state index is 11.7. The van der Waals surface area contributed by atoms with Crippen molar-refractivity contribution >= 4 is 39.8 Å². The van der Waals surface area contributed by atoms with E-state index in [1.165, 1.54) is 19.3 Å². The van der Waals surface area contributed by atoms with Gasteiger partial charge >= 0.3 is 0 Å². The van der Waals surface area contributed by atoms with Crippen molar-refractivity contribution in [2.24, 2.45) is 16.8 Å². The van der Waals surface area contributed by atoms with E-state index in [9.17, 15) is 8.42 Å². The van der Waals surface area contributed by atoms with Crippen molar-refractivity contribution < 1.29 is 13.2 Å². The number of ether oxygens (including phenoxy) is 1. The van der Waals surface area contributed by atoms with Crippen molar-refractivity contribution in [3.05, 3.63) is 0 Å². The zero-order chi connectivity index (χ0) is 18.0. The molecular weight excluding hydrogens is 479 g/mol. The Hall–Kier alpha value is -0.130. The van der Waals surface area contributed by atoms with Crippen LogP contribution in [0.2, 0.25) is 0 Å². The van der Waals surface area contributed by atoms with Crippen LogP contribution in [0.5, 0.6) is 0 Å². The molecule has 2 atom stereocenters. The lowest BCUT2D eigenvalue weighted by Gasteiger charge is -2.37. The van der Waals surface area contributed by atoms with E-state index in [1.807, 2.05) is 0 Å². The molecule has 7 nitrogen and oxygen atoms in total. The first-order valence-corrected chi connectivity index (χ1v) is 12.0. The van der Waals surface area contributed by atoms with Gasteiger partial charge in [0.2, 0.25) is 0 Å². The molecule has 1 saturated carbocycles. The molecule has 3 aliphatic heterocycles. The third kappa shape index (κ3) is 6.43. The summed E-state index contributed by atoms with van der Waals surface area (Å²) in [5, 5.41) is 3.58. The van der Waals surface area contributed by atoms with Crippen LogP contribution in [0, 0.1) is 11.8 Å². The van der Waals surface area contributed by atoms with Gasteiger partial charge in [-0.2, -0.15) is 0 Å². The molecule has 1 aliphatic carbocycles. The molecule has 0 bridgehead atoms. The zero-order valence-electron chi connectivity index (χ0n) is 16.0. The lowest BCUT2D eigenvalue weighted by molar-refractivity contribution is 0.139. The van der Waals surface area contributed by atoms with Crippen LogP contribution in [-0.4, -0.2) is 94.2 Å². The Kier molecular flexibility index (Phi) is 7.65. The second-order valence-corrected chi connectivity index (χ2v) is 10.6. The van der Waals surface area contributed by atoms with Gasteiger partial charge in [-0.25, -0.2) is 8.42 Å². The second-order valence-electron chi connectivity index (χ2n) is 8.37. The SMILES string of the molecule is I.O=S1(=O)CCC(CN=C(NC2CC2)N2CCN(CC3CCOC3)CC2)C1. The van der Waals surface area contributed by atoms with E-state index >= 15 is 0 Å². The molecule has 9 heteroatoms. The van der Waals surface area contributed by atoms with Crippen molar-refractivity contribution in [1.82, 2.24) is 15.1 Å². The predicted octanol–water partition coefficient (Wildman–Crippen LogP) is 0.801. The number of halogens is 1. The summed E-state index contributed by atoms with van der Waals surface area (Å²) in [6, 6.07) is 0.565. The van der Waals surface area contributed by atoms with Gasteiger partial charge < -0.3 is 15.0 Å². The maximum Gasteiger partial charge on any atom is 0.194 e. The molecule has 3 heterocycles. The molecule has 0 amide bonds. The fourth-order valence-corrected chi connectivity index (χ4v) is 5.96. The molecule has 4 rings (SSSR count). The molecule has 0 aromatic rings. The number of nitrogens with zero attached hydrogens (tertiary/aromatic N) is 3. The normalized spacial score (nSPS) is 31.7. The van der Waals surface area contributed by atoms with Crippen LogP contribution in [0.25, 0.3) is 0 Å². The minimum atomic E-state index is -2.82. The first kappa shape index (κ1) is 21.6. The van der Waals surface area contributed by atoms with E-state index in [-0.39, 0.29) is 29.9 Å². The number of rotatable bonds is 5. The fraction of sp³-hybridized carbons (Fsp3) is 0.944. The molecular formula is C18H33IN4O3S. The molecule has 27 heavy (non-hydrogen) atoms. The monoisotopic (exact) mass is 512 g/mol. The quantitative estimate of drug-likeness (QED) is 0.334. The van der Waals surface area contributed by atoms with Crippen LogP contribution < -0.4 is 5.32 Å². The molecule has 0 aromatic carbocycles. The smallest absolute Gasteiger partial charge is 0.194 e. The largest absolute Gasteiger partial charge is 0.381 e. The van der Waals surface area contributed by atoms with Crippen LogP contribution in [0.4, 0.5) is 0 Å². The Morgan fingerprint density at radius 3 is 2.44 bits per heavy atom. The predicted molar refractivity (Wildman–Crippen MR) is 118 cm³/mol. The summed E-state index contributed by atoms with van der Waals surface area (Å²) >= 11 is 0. The van der Waals surface area contributed by atoms with Gasteiger partial charge in [-0.05, 0) is 37.5 Å². The highest BCUT2D eigenvalue weighted by molar-refractivity contribution is 14.0. The zero-order valence-corrected chi connectivity index (χ0v) is 19.2. The number of sulfone groups is 1. The van der Waals surface area contributed by atoms with Crippen molar-refractivity contribution in [3.63, 3.8) is 0 Å². The second kappa shape index (κ2) is 9.58. The highest BCUT2D eigenvalue weighted by Gasteiger charge is 2.30. The summed E-state index contributed by atoms with van der Waals surface area (Å²) in [5.41, 5.74) is 0. The molecule has 156 valence electrons. The average molecular weight is 512 g/mol. The van der Waals surface area contributed by atoms with E-state index in [0.717, 1.165) is 58.3 Å². The van der Waals surface area contributed by atoms with Gasteiger partial charge in [0, 0.05) is 51.9 Å². The molecule has 4 aliphatic rings. The molecule has 1 N–H and O–H groups in total. The minimum absolute atomic E-state index is 0. The Morgan fingerprint density at radius 2 is 1.85 bits per heavy atom. The summed E-state index contributed by atoms with van der Waals surface area (Å²) in [6.45, 7) is 7.75. The number of aliphatic imine (C=N–C) groups is 1. The van der Waals surface area contributed by atoms with Gasteiger partial charge in [0.25, 0.3) is 0 Å². The molecule has 0 aromatic heterocycles. The third-order valence-electron chi connectivity index (χ3n) is 5.95. The first-order valence-electron chi connectivity index (χ1n) is 10.1. The van der Waals surface area contributed by atoms with Gasteiger partial charge in [0.15, 0.2) is 15.8 Å². The van der Waals surface area contributed by atoms with Gasteiger partial charge in [0.1, 0.15) is 0 Å². The summed E-state index contributed by atoms with van der Waals surface area (Å²) in [6.07, 6.45) is 4.40. The summed E-state index contributed by atoms with van der Waals surface area (Å²) in [4.78, 5) is 9.75. The molecule has 3 saturated heterocycles. The number of piperazine rings is 1. The van der Waals surface area contributed by atoms with Gasteiger partial charge in [-0.3, -0.25) is 9.89 Å². The van der Waals surface area contributed by atoms with Gasteiger partial charge in [0.05, 0.1) is 18.1 Å². The Morgan fingerprint density at radius 1 is 1.07 bits per heavy atom. The maximum absolute atomic E-state index is 11.7. The van der Waals surface area contributed by atoms with Crippen LogP contribution in [0.1, 0.15) is 25.7 Å². The Labute approximate surface area is 180 Å². The van der Waals surface area contributed by atoms with Crippen LogP contribution in [0.3, 0.4) is 0 Å². The number of hydrogen-bond acceptors (Lipinski definition) is 5. The van der Waals surface area contributed by atoms with E-state index in [4.69, 9.17) is 9.73 Å². The van der Waals surface area contributed by atoms with E-state index in [1.54, 1.807) is 0 Å². The molecule has 0 spiro atoms. The van der Waals surface area contributed by atoms with Crippen molar-refractivity contribution in [2.75, 3.05) is 64.0 Å². The highest BCUT2D eigenvalue weighted by atomic mass is 127. The van der Waals surface area contributed by atoms with Crippen LogP contribution >= 0.6 is 24.0 Å². The van der Waals surface area contributed by atoms with Crippen molar-refractivity contribution in [1.29, 1.82) is 0 Å². The summed E-state index contributed by atoms with van der Waals surface area (Å²) in [7, 11) is -2.82.